The molecule has 1 unspecified atom stereocenters. The molecule has 1 N–H and O–H groups in total. The monoisotopic (exact) mass is 180 g/mol. The highest BCUT2D eigenvalue weighted by atomic mass is 32.2. The molecule has 0 amide bonds. The Hall–Kier alpha value is 0.660. The van der Waals surface area contributed by atoms with Crippen LogP contribution in [0.3, 0.4) is 0 Å². The highest BCUT2D eigenvalue weighted by Gasteiger charge is 2.04. The average molecular weight is 180 g/mol. The summed E-state index contributed by atoms with van der Waals surface area (Å²) in [7, 11) is 0. The van der Waals surface area contributed by atoms with Crippen molar-refractivity contribution in [2.75, 3.05) is 23.9 Å². The number of hydrogen-bond donors (Lipinski definition) is 1. The molecule has 1 atom stereocenters. The van der Waals surface area contributed by atoms with Gasteiger partial charge in [-0.1, -0.05) is 13.8 Å². The van der Waals surface area contributed by atoms with Gasteiger partial charge in [-0.3, -0.25) is 0 Å². The van der Waals surface area contributed by atoms with Gasteiger partial charge in [0, 0.05) is 11.0 Å². The fraction of sp³-hybridized carbons (Fsp3) is 1.00. The van der Waals surface area contributed by atoms with Crippen LogP contribution in [0.4, 0.5) is 0 Å². The second-order valence-electron chi connectivity index (χ2n) is 1.92. The van der Waals surface area contributed by atoms with Crippen LogP contribution in [0.15, 0.2) is 0 Å². The minimum Gasteiger partial charge on any atom is -0.395 e. The second kappa shape index (κ2) is 7.76. The Morgan fingerprint density at radius 2 is 2.00 bits per heavy atom. The lowest BCUT2D eigenvalue weighted by Gasteiger charge is -2.10. The number of aliphatic hydroxyl groups excluding tert-OH is 1. The summed E-state index contributed by atoms with van der Waals surface area (Å²) in [4.78, 5) is 0. The molecular formula is C7H16OS2. The van der Waals surface area contributed by atoms with E-state index in [1.807, 2.05) is 23.5 Å². The van der Waals surface area contributed by atoms with E-state index in [1.165, 1.54) is 0 Å². The topological polar surface area (TPSA) is 20.2 Å². The van der Waals surface area contributed by atoms with E-state index in [0.29, 0.717) is 11.9 Å². The lowest BCUT2D eigenvalue weighted by atomic mass is 10.5. The van der Waals surface area contributed by atoms with Crippen molar-refractivity contribution < 1.29 is 5.11 Å². The molecule has 0 fully saturated rings. The second-order valence-corrected chi connectivity index (χ2v) is 4.82. The van der Waals surface area contributed by atoms with Crippen molar-refractivity contribution >= 4 is 23.5 Å². The number of thioether (sulfide) groups is 2. The zero-order valence-electron chi connectivity index (χ0n) is 6.67. The first-order chi connectivity index (χ1) is 4.85. The van der Waals surface area contributed by atoms with Crippen molar-refractivity contribution in [3.63, 3.8) is 0 Å². The lowest BCUT2D eigenvalue weighted by Crippen LogP contribution is -2.11. The minimum absolute atomic E-state index is 0.325. The van der Waals surface area contributed by atoms with Gasteiger partial charge in [-0.25, -0.2) is 0 Å². The van der Waals surface area contributed by atoms with E-state index in [1.54, 1.807) is 0 Å². The van der Waals surface area contributed by atoms with E-state index in [0.717, 1.165) is 17.3 Å². The summed E-state index contributed by atoms with van der Waals surface area (Å²) in [6, 6.07) is 0. The summed E-state index contributed by atoms with van der Waals surface area (Å²) in [6.07, 6.45) is 0. The van der Waals surface area contributed by atoms with Crippen molar-refractivity contribution in [3.05, 3.63) is 0 Å². The maximum absolute atomic E-state index is 8.85. The lowest BCUT2D eigenvalue weighted by molar-refractivity contribution is 0.301. The Morgan fingerprint density at radius 3 is 2.40 bits per heavy atom. The third-order valence-electron chi connectivity index (χ3n) is 1.11. The quantitative estimate of drug-likeness (QED) is 0.674. The maximum atomic E-state index is 8.85. The molecule has 62 valence electrons. The van der Waals surface area contributed by atoms with Gasteiger partial charge < -0.3 is 5.11 Å². The predicted molar refractivity (Wildman–Crippen MR) is 52.0 cm³/mol. The zero-order valence-corrected chi connectivity index (χ0v) is 8.30. The van der Waals surface area contributed by atoms with Crippen molar-refractivity contribution in [2.24, 2.45) is 0 Å². The minimum atomic E-state index is 0.325. The molecule has 0 rings (SSSR count). The SMILES string of the molecule is CCSCC(CO)SCC. The average Bonchev–Trinajstić information content (AvgIpc) is 1.98. The number of aliphatic hydroxyl groups is 1. The third kappa shape index (κ3) is 5.45. The largest absolute Gasteiger partial charge is 0.395 e. The first-order valence-corrected chi connectivity index (χ1v) is 5.85. The summed E-state index contributed by atoms with van der Waals surface area (Å²) >= 11 is 3.75. The van der Waals surface area contributed by atoms with Gasteiger partial charge in [-0.05, 0) is 11.5 Å². The van der Waals surface area contributed by atoms with E-state index in [9.17, 15) is 0 Å². The molecule has 0 saturated heterocycles. The van der Waals surface area contributed by atoms with Gasteiger partial charge in [0.25, 0.3) is 0 Å². The molecule has 0 aliphatic rings. The Labute approximate surface area is 72.0 Å². The first-order valence-electron chi connectivity index (χ1n) is 3.65. The highest BCUT2D eigenvalue weighted by molar-refractivity contribution is 8.03. The van der Waals surface area contributed by atoms with Gasteiger partial charge in [-0.15, -0.1) is 0 Å². The Bertz CT molecular complexity index is 68.6. The third-order valence-corrected chi connectivity index (χ3v) is 3.49. The molecule has 10 heavy (non-hydrogen) atoms. The molecule has 0 bridgehead atoms. The fourth-order valence-corrected chi connectivity index (χ4v) is 2.49. The van der Waals surface area contributed by atoms with Crippen LogP contribution in [0.25, 0.3) is 0 Å². The van der Waals surface area contributed by atoms with Crippen LogP contribution in [-0.4, -0.2) is 34.2 Å². The first kappa shape index (κ1) is 10.7. The van der Waals surface area contributed by atoms with Crippen LogP contribution in [0.2, 0.25) is 0 Å². The normalized spacial score (nSPS) is 13.5. The van der Waals surface area contributed by atoms with Gasteiger partial charge in [0.15, 0.2) is 0 Å². The molecule has 0 aromatic rings. The molecular weight excluding hydrogens is 164 g/mol. The van der Waals surface area contributed by atoms with E-state index >= 15 is 0 Å². The van der Waals surface area contributed by atoms with Crippen LogP contribution in [0.5, 0.6) is 0 Å². The van der Waals surface area contributed by atoms with E-state index in [4.69, 9.17) is 5.11 Å². The van der Waals surface area contributed by atoms with Gasteiger partial charge >= 0.3 is 0 Å². The molecule has 1 nitrogen and oxygen atoms in total. The predicted octanol–water partition coefficient (Wildman–Crippen LogP) is 1.85. The molecule has 0 aromatic heterocycles. The molecule has 0 aromatic carbocycles. The van der Waals surface area contributed by atoms with Crippen LogP contribution in [0.1, 0.15) is 13.8 Å². The van der Waals surface area contributed by atoms with E-state index in [-0.39, 0.29) is 0 Å². The van der Waals surface area contributed by atoms with Crippen LogP contribution < -0.4 is 0 Å². The van der Waals surface area contributed by atoms with Crippen LogP contribution in [-0.2, 0) is 0 Å². The smallest absolute Gasteiger partial charge is 0.0558 e. The van der Waals surface area contributed by atoms with Crippen molar-refractivity contribution in [1.82, 2.24) is 0 Å². The molecule has 0 heterocycles. The summed E-state index contributed by atoms with van der Waals surface area (Å²) in [5, 5.41) is 9.30. The van der Waals surface area contributed by atoms with Crippen LogP contribution >= 0.6 is 23.5 Å². The van der Waals surface area contributed by atoms with E-state index in [2.05, 4.69) is 13.8 Å². The van der Waals surface area contributed by atoms with Gasteiger partial charge in [0.1, 0.15) is 0 Å². The molecule has 0 spiro atoms. The molecule has 3 heteroatoms. The molecule has 0 saturated carbocycles. The summed E-state index contributed by atoms with van der Waals surface area (Å²) < 4.78 is 0. The maximum Gasteiger partial charge on any atom is 0.0558 e. The van der Waals surface area contributed by atoms with Crippen molar-refractivity contribution in [1.29, 1.82) is 0 Å². The molecule has 0 radical (unpaired) electrons. The zero-order chi connectivity index (χ0) is 7.82. The summed E-state index contributed by atoms with van der Waals surface area (Å²) in [5.41, 5.74) is 0. The van der Waals surface area contributed by atoms with E-state index < -0.39 is 0 Å². The number of rotatable bonds is 6. The highest BCUT2D eigenvalue weighted by Crippen LogP contribution is 2.15. The standard InChI is InChI=1S/C7H16OS2/c1-3-9-6-7(5-8)10-4-2/h7-8H,3-6H2,1-2H3. The molecule has 0 aliphatic carbocycles. The van der Waals surface area contributed by atoms with Gasteiger partial charge in [0.2, 0.25) is 0 Å². The van der Waals surface area contributed by atoms with Crippen molar-refractivity contribution in [2.45, 2.75) is 19.1 Å². The van der Waals surface area contributed by atoms with Crippen molar-refractivity contribution in [3.8, 4) is 0 Å². The Kier molecular flexibility index (Phi) is 8.28. The Morgan fingerprint density at radius 1 is 1.30 bits per heavy atom. The fourth-order valence-electron chi connectivity index (χ4n) is 0.639. The summed E-state index contributed by atoms with van der Waals surface area (Å²) in [6.45, 7) is 4.60. The molecule has 0 aliphatic heterocycles. The summed E-state index contributed by atoms with van der Waals surface area (Å²) in [5.74, 6) is 3.35. The number of hydrogen-bond acceptors (Lipinski definition) is 3. The Balaban J connectivity index is 3.21. The van der Waals surface area contributed by atoms with Gasteiger partial charge in [0.05, 0.1) is 6.61 Å². The van der Waals surface area contributed by atoms with Crippen LogP contribution in [0, 0.1) is 0 Å². The van der Waals surface area contributed by atoms with Gasteiger partial charge in [-0.2, -0.15) is 23.5 Å².